The van der Waals surface area contributed by atoms with E-state index in [4.69, 9.17) is 14.2 Å². The van der Waals surface area contributed by atoms with Crippen LogP contribution in [0.15, 0.2) is 30.4 Å². The van der Waals surface area contributed by atoms with Crippen molar-refractivity contribution in [1.82, 2.24) is 0 Å². The third-order valence-corrected chi connectivity index (χ3v) is 3.80. The van der Waals surface area contributed by atoms with Gasteiger partial charge in [0.25, 0.3) is 0 Å². The molecule has 0 saturated heterocycles. The van der Waals surface area contributed by atoms with Crippen LogP contribution < -0.4 is 9.47 Å². The summed E-state index contributed by atoms with van der Waals surface area (Å²) in [7, 11) is 4.51. The van der Waals surface area contributed by atoms with Crippen LogP contribution in [0.2, 0.25) is 0 Å². The lowest BCUT2D eigenvalue weighted by Gasteiger charge is -2.28. The van der Waals surface area contributed by atoms with E-state index >= 15 is 0 Å². The zero-order chi connectivity index (χ0) is 15.4. The average molecular weight is 292 g/mol. The highest BCUT2D eigenvalue weighted by Crippen LogP contribution is 2.37. The average Bonchev–Trinajstić information content (AvgIpc) is 2.53. The van der Waals surface area contributed by atoms with E-state index < -0.39 is 6.10 Å². The van der Waals surface area contributed by atoms with Crippen molar-refractivity contribution in [3.05, 3.63) is 35.9 Å². The van der Waals surface area contributed by atoms with Crippen LogP contribution in [-0.2, 0) is 9.53 Å². The number of methoxy groups -OCH3 is 3. The molecule has 21 heavy (non-hydrogen) atoms. The van der Waals surface area contributed by atoms with E-state index in [9.17, 15) is 9.90 Å². The maximum absolute atomic E-state index is 11.7. The first-order valence-electron chi connectivity index (χ1n) is 6.76. The van der Waals surface area contributed by atoms with Crippen molar-refractivity contribution in [2.24, 2.45) is 5.92 Å². The second-order valence-corrected chi connectivity index (χ2v) is 4.96. The molecule has 5 nitrogen and oxygen atoms in total. The van der Waals surface area contributed by atoms with Crippen molar-refractivity contribution in [3.8, 4) is 11.5 Å². The summed E-state index contributed by atoms with van der Waals surface area (Å²) in [4.78, 5) is 11.7. The molecule has 0 aliphatic heterocycles. The number of rotatable bonds is 4. The Labute approximate surface area is 124 Å². The summed E-state index contributed by atoms with van der Waals surface area (Å²) >= 11 is 0. The first-order chi connectivity index (χ1) is 10.1. The van der Waals surface area contributed by atoms with E-state index in [0.717, 1.165) is 5.56 Å². The highest BCUT2D eigenvalue weighted by molar-refractivity contribution is 5.74. The van der Waals surface area contributed by atoms with Crippen molar-refractivity contribution in [2.45, 2.75) is 18.4 Å². The van der Waals surface area contributed by atoms with Gasteiger partial charge in [-0.15, -0.1) is 0 Å². The molecule has 0 aromatic heterocycles. The monoisotopic (exact) mass is 292 g/mol. The first-order valence-corrected chi connectivity index (χ1v) is 6.76. The van der Waals surface area contributed by atoms with Crippen LogP contribution in [0.1, 0.15) is 17.9 Å². The number of carbonyl (C=O) groups is 1. The third kappa shape index (κ3) is 3.19. The van der Waals surface area contributed by atoms with Crippen LogP contribution in [0.5, 0.6) is 11.5 Å². The van der Waals surface area contributed by atoms with Crippen LogP contribution in [0.25, 0.3) is 0 Å². The Hall–Kier alpha value is -2.01. The molecule has 0 unspecified atom stereocenters. The van der Waals surface area contributed by atoms with Crippen LogP contribution in [-0.4, -0.2) is 38.5 Å². The van der Waals surface area contributed by atoms with Gasteiger partial charge in [-0.1, -0.05) is 18.2 Å². The van der Waals surface area contributed by atoms with Crippen LogP contribution in [0.3, 0.4) is 0 Å². The predicted molar refractivity (Wildman–Crippen MR) is 77.6 cm³/mol. The molecule has 2 rings (SSSR count). The van der Waals surface area contributed by atoms with E-state index in [0.29, 0.717) is 17.9 Å². The number of hydrogen-bond acceptors (Lipinski definition) is 5. The van der Waals surface area contributed by atoms with E-state index in [2.05, 4.69) is 0 Å². The Morgan fingerprint density at radius 1 is 1.14 bits per heavy atom. The molecule has 0 radical (unpaired) electrons. The van der Waals surface area contributed by atoms with Gasteiger partial charge in [-0.2, -0.15) is 0 Å². The number of hydrogen-bond donors (Lipinski definition) is 1. The number of aliphatic hydroxyl groups excluding tert-OH is 1. The molecule has 1 aromatic carbocycles. The first kappa shape index (κ1) is 15.4. The van der Waals surface area contributed by atoms with Gasteiger partial charge in [0, 0.05) is 5.92 Å². The molecule has 1 aromatic rings. The molecule has 0 heterocycles. The van der Waals surface area contributed by atoms with E-state index in [-0.39, 0.29) is 17.8 Å². The van der Waals surface area contributed by atoms with E-state index in [1.54, 1.807) is 32.4 Å². The van der Waals surface area contributed by atoms with E-state index in [1.807, 2.05) is 12.1 Å². The van der Waals surface area contributed by atoms with Crippen LogP contribution in [0.4, 0.5) is 0 Å². The van der Waals surface area contributed by atoms with Gasteiger partial charge in [0.05, 0.1) is 33.4 Å². The number of aliphatic hydroxyl groups is 1. The minimum absolute atomic E-state index is 0.182. The van der Waals surface area contributed by atoms with Gasteiger partial charge < -0.3 is 19.3 Å². The number of carbonyl (C=O) groups excluding carboxylic acids is 1. The fraction of sp³-hybridized carbons (Fsp3) is 0.438. The maximum Gasteiger partial charge on any atom is 0.312 e. The molecule has 3 atom stereocenters. The van der Waals surface area contributed by atoms with Gasteiger partial charge in [0.15, 0.2) is 11.5 Å². The lowest BCUT2D eigenvalue weighted by molar-refractivity contribution is -0.144. The molecular formula is C16H20O5. The number of ether oxygens (including phenoxy) is 3. The number of benzene rings is 1. The second-order valence-electron chi connectivity index (χ2n) is 4.96. The minimum atomic E-state index is -0.635. The zero-order valence-corrected chi connectivity index (χ0v) is 12.4. The van der Waals surface area contributed by atoms with Gasteiger partial charge in [-0.3, -0.25) is 4.79 Å². The molecule has 114 valence electrons. The Kier molecular flexibility index (Phi) is 4.85. The smallest absolute Gasteiger partial charge is 0.312 e. The Morgan fingerprint density at radius 3 is 2.48 bits per heavy atom. The van der Waals surface area contributed by atoms with Crippen molar-refractivity contribution < 1.29 is 24.1 Å². The topological polar surface area (TPSA) is 65.0 Å². The number of esters is 1. The summed E-state index contributed by atoms with van der Waals surface area (Å²) in [6.45, 7) is 0. The summed E-state index contributed by atoms with van der Waals surface area (Å²) in [6.07, 6.45) is 3.21. The molecule has 1 aliphatic carbocycles. The molecule has 0 amide bonds. The molecule has 0 bridgehead atoms. The highest BCUT2D eigenvalue weighted by Gasteiger charge is 2.31. The fourth-order valence-electron chi connectivity index (χ4n) is 2.62. The van der Waals surface area contributed by atoms with Crippen molar-refractivity contribution in [3.63, 3.8) is 0 Å². The lowest BCUT2D eigenvalue weighted by atomic mass is 9.80. The lowest BCUT2D eigenvalue weighted by Crippen LogP contribution is -2.27. The van der Waals surface area contributed by atoms with Gasteiger partial charge in [-0.05, 0) is 24.1 Å². The Morgan fingerprint density at radius 2 is 1.86 bits per heavy atom. The Balaban J connectivity index is 2.28. The highest BCUT2D eigenvalue weighted by atomic mass is 16.5. The summed E-state index contributed by atoms with van der Waals surface area (Å²) in [5, 5.41) is 10.2. The maximum atomic E-state index is 11.7. The summed E-state index contributed by atoms with van der Waals surface area (Å²) in [5.41, 5.74) is 0.901. The molecule has 0 spiro atoms. The molecule has 0 saturated carbocycles. The summed E-state index contributed by atoms with van der Waals surface area (Å²) in [6, 6.07) is 5.51. The van der Waals surface area contributed by atoms with Gasteiger partial charge in [-0.25, -0.2) is 0 Å². The summed E-state index contributed by atoms with van der Waals surface area (Å²) < 4.78 is 15.3. The fourth-order valence-corrected chi connectivity index (χ4v) is 2.62. The van der Waals surface area contributed by atoms with Gasteiger partial charge >= 0.3 is 5.97 Å². The molecule has 5 heteroatoms. The van der Waals surface area contributed by atoms with Crippen molar-refractivity contribution in [1.29, 1.82) is 0 Å². The molecule has 1 N–H and O–H groups in total. The zero-order valence-electron chi connectivity index (χ0n) is 12.4. The SMILES string of the molecule is COC(=O)[C@@H]1C=C[C@H](O)[C@@H](c2ccc(OC)c(OC)c2)C1. The molecular weight excluding hydrogens is 272 g/mol. The summed E-state index contributed by atoms with van der Waals surface area (Å²) in [5.74, 6) is 0.428. The Bertz CT molecular complexity index is 537. The van der Waals surface area contributed by atoms with Gasteiger partial charge in [0.1, 0.15) is 0 Å². The molecule has 0 fully saturated rings. The quantitative estimate of drug-likeness (QED) is 0.678. The van der Waals surface area contributed by atoms with Crippen LogP contribution in [0, 0.1) is 5.92 Å². The third-order valence-electron chi connectivity index (χ3n) is 3.80. The van der Waals surface area contributed by atoms with E-state index in [1.165, 1.54) is 7.11 Å². The predicted octanol–water partition coefficient (Wildman–Crippen LogP) is 1.90. The van der Waals surface area contributed by atoms with Crippen molar-refractivity contribution >= 4 is 5.97 Å². The van der Waals surface area contributed by atoms with Crippen LogP contribution >= 0.6 is 0 Å². The van der Waals surface area contributed by atoms with Gasteiger partial charge in [0.2, 0.25) is 0 Å². The molecule has 1 aliphatic rings. The normalized spacial score (nSPS) is 24.5. The standard InChI is InChI=1S/C16H20O5/c1-19-14-7-5-10(9-15(14)20-2)12-8-11(16(18)21-3)4-6-13(12)17/h4-7,9,11-13,17H,8H2,1-3H3/t11-,12-,13+/m1/s1. The second kappa shape index (κ2) is 6.63. The minimum Gasteiger partial charge on any atom is -0.493 e. The largest absolute Gasteiger partial charge is 0.493 e. The van der Waals surface area contributed by atoms with Crippen molar-refractivity contribution in [2.75, 3.05) is 21.3 Å².